The number of aryl methyl sites for hydroxylation is 1. The first-order chi connectivity index (χ1) is 13.1. The standard InChI is InChI=1S/C21H23N5O/c1-13(15-7-4-3-5-8-15)26(18-11-12-23-18)21-17-10-6-9-16(20(22)27)19(17)24-14(2)25-21/h3-10,13,18,23H,11-12H2,1-2H3,(H2,22,27)/t13-,18?/m0/s1. The molecule has 3 aromatic rings. The van der Waals surface area contributed by atoms with Gasteiger partial charge in [-0.25, -0.2) is 9.97 Å². The average Bonchev–Trinajstić information content (AvgIpc) is 2.63. The Bertz CT molecular complexity index is 985. The third kappa shape index (κ3) is 3.13. The third-order valence-corrected chi connectivity index (χ3v) is 5.16. The summed E-state index contributed by atoms with van der Waals surface area (Å²) < 4.78 is 0. The van der Waals surface area contributed by atoms with Gasteiger partial charge in [-0.1, -0.05) is 36.4 Å². The maximum Gasteiger partial charge on any atom is 0.250 e. The number of nitrogens with zero attached hydrogens (tertiary/aromatic N) is 3. The molecular formula is C21H23N5O. The van der Waals surface area contributed by atoms with Gasteiger partial charge in [0.2, 0.25) is 0 Å². The number of carbonyl (C=O) groups is 1. The van der Waals surface area contributed by atoms with Crippen molar-refractivity contribution in [3.63, 3.8) is 0 Å². The number of hydrogen-bond acceptors (Lipinski definition) is 5. The van der Waals surface area contributed by atoms with Crippen LogP contribution in [0, 0.1) is 6.92 Å². The predicted octanol–water partition coefficient (Wildman–Crippen LogP) is 2.92. The molecule has 6 nitrogen and oxygen atoms in total. The van der Waals surface area contributed by atoms with E-state index in [-0.39, 0.29) is 12.2 Å². The first kappa shape index (κ1) is 17.4. The first-order valence-corrected chi connectivity index (χ1v) is 9.20. The molecule has 2 aromatic carbocycles. The minimum absolute atomic E-state index is 0.110. The van der Waals surface area contributed by atoms with Crippen LogP contribution in [0.25, 0.3) is 10.9 Å². The molecule has 0 saturated carbocycles. The van der Waals surface area contributed by atoms with Gasteiger partial charge in [0.15, 0.2) is 0 Å². The summed E-state index contributed by atoms with van der Waals surface area (Å²) in [6, 6.07) is 16.0. The van der Waals surface area contributed by atoms with E-state index in [2.05, 4.69) is 34.3 Å². The summed E-state index contributed by atoms with van der Waals surface area (Å²) in [5.74, 6) is 0.971. The number of carbonyl (C=O) groups excluding carboxylic acids is 1. The van der Waals surface area contributed by atoms with Gasteiger partial charge in [-0.05, 0) is 38.0 Å². The van der Waals surface area contributed by atoms with Crippen molar-refractivity contribution in [3.8, 4) is 0 Å². The first-order valence-electron chi connectivity index (χ1n) is 9.20. The number of fused-ring (bicyclic) bond motifs is 1. The van der Waals surface area contributed by atoms with Crippen molar-refractivity contribution in [1.82, 2.24) is 15.3 Å². The number of rotatable bonds is 5. The summed E-state index contributed by atoms with van der Waals surface area (Å²) in [5.41, 5.74) is 7.82. The van der Waals surface area contributed by atoms with Gasteiger partial charge in [-0.15, -0.1) is 0 Å². The van der Waals surface area contributed by atoms with Crippen LogP contribution in [0.4, 0.5) is 5.82 Å². The highest BCUT2D eigenvalue weighted by atomic mass is 16.1. The second-order valence-corrected chi connectivity index (χ2v) is 6.91. The van der Waals surface area contributed by atoms with Crippen LogP contribution in [0.5, 0.6) is 0 Å². The van der Waals surface area contributed by atoms with E-state index in [9.17, 15) is 4.79 Å². The van der Waals surface area contributed by atoms with Gasteiger partial charge in [-0.2, -0.15) is 0 Å². The van der Waals surface area contributed by atoms with Crippen LogP contribution in [-0.4, -0.2) is 28.6 Å². The molecule has 1 aliphatic rings. The molecule has 1 saturated heterocycles. The van der Waals surface area contributed by atoms with Crippen molar-refractivity contribution < 1.29 is 4.79 Å². The van der Waals surface area contributed by atoms with E-state index in [0.29, 0.717) is 16.9 Å². The average molecular weight is 361 g/mol. The molecule has 0 aliphatic carbocycles. The molecule has 138 valence electrons. The van der Waals surface area contributed by atoms with Crippen LogP contribution < -0.4 is 16.0 Å². The summed E-state index contributed by atoms with van der Waals surface area (Å²) in [6.07, 6.45) is 1.23. The molecule has 1 fully saturated rings. The molecule has 2 atom stereocenters. The van der Waals surface area contributed by atoms with E-state index in [0.717, 1.165) is 24.2 Å². The normalized spacial score (nSPS) is 17.3. The zero-order valence-corrected chi connectivity index (χ0v) is 15.5. The molecular weight excluding hydrogens is 338 g/mol. The Kier molecular flexibility index (Phi) is 4.49. The van der Waals surface area contributed by atoms with Crippen LogP contribution in [0.1, 0.15) is 41.1 Å². The summed E-state index contributed by atoms with van der Waals surface area (Å²) in [6.45, 7) is 5.01. The minimum atomic E-state index is -0.478. The lowest BCUT2D eigenvalue weighted by molar-refractivity contribution is 0.100. The number of nitrogens with two attached hydrogens (primary N) is 1. The van der Waals surface area contributed by atoms with Crippen molar-refractivity contribution >= 4 is 22.6 Å². The molecule has 6 heteroatoms. The van der Waals surface area contributed by atoms with Crippen molar-refractivity contribution in [2.24, 2.45) is 5.73 Å². The molecule has 1 aromatic heterocycles. The maximum atomic E-state index is 11.9. The molecule has 1 unspecified atom stereocenters. The second kappa shape index (κ2) is 6.96. The third-order valence-electron chi connectivity index (χ3n) is 5.16. The van der Waals surface area contributed by atoms with Crippen LogP contribution in [-0.2, 0) is 0 Å². The fourth-order valence-corrected chi connectivity index (χ4v) is 3.64. The fourth-order valence-electron chi connectivity index (χ4n) is 3.64. The largest absolute Gasteiger partial charge is 0.366 e. The predicted molar refractivity (Wildman–Crippen MR) is 107 cm³/mol. The lowest BCUT2D eigenvalue weighted by Crippen LogP contribution is -2.56. The van der Waals surface area contributed by atoms with Crippen LogP contribution >= 0.6 is 0 Å². The highest BCUT2D eigenvalue weighted by Gasteiger charge is 2.31. The zero-order valence-electron chi connectivity index (χ0n) is 15.5. The van der Waals surface area contributed by atoms with E-state index >= 15 is 0 Å². The summed E-state index contributed by atoms with van der Waals surface area (Å²) in [4.78, 5) is 23.5. The molecule has 1 aliphatic heterocycles. The maximum absolute atomic E-state index is 11.9. The Labute approximate surface area is 158 Å². The lowest BCUT2D eigenvalue weighted by Gasteiger charge is -2.43. The highest BCUT2D eigenvalue weighted by molar-refractivity contribution is 6.07. The van der Waals surface area contributed by atoms with Gasteiger partial charge < -0.3 is 10.6 Å². The van der Waals surface area contributed by atoms with Crippen molar-refractivity contribution in [3.05, 3.63) is 65.5 Å². The molecule has 0 radical (unpaired) electrons. The van der Waals surface area contributed by atoms with Gasteiger partial charge >= 0.3 is 0 Å². The molecule has 4 rings (SSSR count). The Morgan fingerprint density at radius 2 is 1.93 bits per heavy atom. The highest BCUT2D eigenvalue weighted by Crippen LogP contribution is 2.35. The fraction of sp³-hybridized carbons (Fsp3) is 0.286. The van der Waals surface area contributed by atoms with Crippen molar-refractivity contribution in [1.29, 1.82) is 0 Å². The van der Waals surface area contributed by atoms with E-state index in [1.807, 2.05) is 37.3 Å². The number of primary amides is 1. The molecule has 3 N–H and O–H groups in total. The lowest BCUT2D eigenvalue weighted by atomic mass is 10.0. The van der Waals surface area contributed by atoms with Gasteiger partial charge in [-0.3, -0.25) is 10.1 Å². The number of aromatic nitrogens is 2. The Hall–Kier alpha value is -2.99. The Morgan fingerprint density at radius 1 is 1.19 bits per heavy atom. The van der Waals surface area contributed by atoms with Crippen LogP contribution in [0.3, 0.4) is 0 Å². The summed E-state index contributed by atoms with van der Waals surface area (Å²) in [5, 5.41) is 4.33. The Morgan fingerprint density at radius 3 is 2.56 bits per heavy atom. The number of para-hydroxylation sites is 1. The molecule has 0 bridgehead atoms. The Balaban J connectivity index is 1.91. The van der Waals surface area contributed by atoms with E-state index in [1.54, 1.807) is 6.07 Å². The molecule has 0 spiro atoms. The van der Waals surface area contributed by atoms with E-state index in [1.165, 1.54) is 5.56 Å². The quantitative estimate of drug-likeness (QED) is 0.730. The van der Waals surface area contributed by atoms with Gasteiger partial charge in [0, 0.05) is 11.9 Å². The summed E-state index contributed by atoms with van der Waals surface area (Å²) in [7, 11) is 0. The topological polar surface area (TPSA) is 84.1 Å². The van der Waals surface area contributed by atoms with Crippen LogP contribution in [0.15, 0.2) is 48.5 Å². The van der Waals surface area contributed by atoms with Gasteiger partial charge in [0.05, 0.1) is 23.3 Å². The zero-order chi connectivity index (χ0) is 19.0. The number of anilines is 1. The van der Waals surface area contributed by atoms with Crippen molar-refractivity contribution in [2.45, 2.75) is 32.5 Å². The smallest absolute Gasteiger partial charge is 0.250 e. The van der Waals surface area contributed by atoms with Gasteiger partial charge in [0.1, 0.15) is 11.6 Å². The van der Waals surface area contributed by atoms with Crippen LogP contribution in [0.2, 0.25) is 0 Å². The second-order valence-electron chi connectivity index (χ2n) is 6.91. The van der Waals surface area contributed by atoms with Gasteiger partial charge in [0.25, 0.3) is 5.91 Å². The van der Waals surface area contributed by atoms with Crippen molar-refractivity contribution in [2.75, 3.05) is 11.4 Å². The van der Waals surface area contributed by atoms with E-state index < -0.39 is 5.91 Å². The molecule has 1 amide bonds. The number of amides is 1. The molecule has 27 heavy (non-hydrogen) atoms. The molecule has 2 heterocycles. The number of hydrogen-bond donors (Lipinski definition) is 2. The monoisotopic (exact) mass is 361 g/mol. The summed E-state index contributed by atoms with van der Waals surface area (Å²) >= 11 is 0. The van der Waals surface area contributed by atoms with E-state index in [4.69, 9.17) is 10.7 Å². The minimum Gasteiger partial charge on any atom is -0.366 e. The number of nitrogens with one attached hydrogen (secondary N) is 1. The SMILES string of the molecule is Cc1nc(N(C2CCN2)[C@@H](C)c2ccccc2)c2cccc(C(N)=O)c2n1. The number of benzene rings is 2.